The van der Waals surface area contributed by atoms with Crippen LogP contribution < -0.4 is 10.6 Å². The van der Waals surface area contributed by atoms with Gasteiger partial charge < -0.3 is 15.5 Å². The van der Waals surface area contributed by atoms with Gasteiger partial charge in [0.15, 0.2) is 5.96 Å². The number of guanidine groups is 1. The molecule has 0 radical (unpaired) electrons. The summed E-state index contributed by atoms with van der Waals surface area (Å²) in [6.07, 6.45) is 8.48. The van der Waals surface area contributed by atoms with Crippen LogP contribution in [0.15, 0.2) is 23.5 Å². The Kier molecular flexibility index (Phi) is 11.4. The number of aryl methyl sites for hydroxylation is 1. The van der Waals surface area contributed by atoms with E-state index >= 15 is 0 Å². The van der Waals surface area contributed by atoms with Crippen LogP contribution in [0.5, 0.6) is 0 Å². The Morgan fingerprint density at radius 3 is 2.57 bits per heavy atom. The smallest absolute Gasteiger partial charge is 0.225 e. The third-order valence-electron chi connectivity index (χ3n) is 5.53. The standard InChI is InChI=1S/C21H35N5O.HI/c1-5-17(6-2)20(27)26-13-9-19(10-14-26)25-21(22-4)24-12-8-18-7-11-23-15-16(18)3;/h7,11,15,17,19H,5-6,8-10,12-14H2,1-4H3,(H2,22,24,25);1H. The lowest BCUT2D eigenvalue weighted by atomic mass is 9.98. The van der Waals surface area contributed by atoms with E-state index < -0.39 is 0 Å². The largest absolute Gasteiger partial charge is 0.356 e. The summed E-state index contributed by atoms with van der Waals surface area (Å²) in [5, 5.41) is 6.91. The minimum Gasteiger partial charge on any atom is -0.356 e. The first-order valence-electron chi connectivity index (χ1n) is 10.2. The summed E-state index contributed by atoms with van der Waals surface area (Å²) >= 11 is 0. The van der Waals surface area contributed by atoms with E-state index in [1.165, 1.54) is 11.1 Å². The Morgan fingerprint density at radius 2 is 2.00 bits per heavy atom. The van der Waals surface area contributed by atoms with Crippen LogP contribution in [-0.2, 0) is 11.2 Å². The second-order valence-electron chi connectivity index (χ2n) is 7.31. The number of carbonyl (C=O) groups excluding carboxylic acids is 1. The number of hydrogen-bond acceptors (Lipinski definition) is 3. The molecule has 28 heavy (non-hydrogen) atoms. The number of likely N-dealkylation sites (tertiary alicyclic amines) is 1. The van der Waals surface area contributed by atoms with Crippen molar-refractivity contribution in [1.82, 2.24) is 20.5 Å². The van der Waals surface area contributed by atoms with Crippen LogP contribution >= 0.6 is 24.0 Å². The summed E-state index contributed by atoms with van der Waals surface area (Å²) < 4.78 is 0. The maximum atomic E-state index is 12.5. The molecule has 1 saturated heterocycles. The van der Waals surface area contributed by atoms with Gasteiger partial charge >= 0.3 is 0 Å². The van der Waals surface area contributed by atoms with Gasteiger partial charge in [0.1, 0.15) is 0 Å². The quantitative estimate of drug-likeness (QED) is 0.342. The van der Waals surface area contributed by atoms with Gasteiger partial charge in [-0.1, -0.05) is 13.8 Å². The SMILES string of the molecule is CCC(CC)C(=O)N1CCC(NC(=NC)NCCc2ccncc2C)CC1.I. The average Bonchev–Trinajstić information content (AvgIpc) is 2.70. The van der Waals surface area contributed by atoms with Gasteiger partial charge in [-0.05, 0) is 56.2 Å². The molecule has 2 rings (SSSR count). The Balaban J connectivity index is 0.00000392. The molecule has 2 heterocycles. The molecule has 1 aliphatic rings. The molecule has 158 valence electrons. The zero-order valence-electron chi connectivity index (χ0n) is 17.7. The first-order valence-corrected chi connectivity index (χ1v) is 10.2. The van der Waals surface area contributed by atoms with Gasteiger partial charge in [-0.25, -0.2) is 0 Å². The molecule has 1 aliphatic heterocycles. The van der Waals surface area contributed by atoms with Crippen LogP contribution in [0.1, 0.15) is 50.7 Å². The molecular weight excluding hydrogens is 465 g/mol. The van der Waals surface area contributed by atoms with Gasteiger partial charge in [0.05, 0.1) is 0 Å². The highest BCUT2D eigenvalue weighted by atomic mass is 127. The van der Waals surface area contributed by atoms with Crippen molar-refractivity contribution in [2.75, 3.05) is 26.7 Å². The van der Waals surface area contributed by atoms with E-state index in [2.05, 4.69) is 47.4 Å². The number of carbonyl (C=O) groups is 1. The maximum Gasteiger partial charge on any atom is 0.225 e. The number of hydrogen-bond donors (Lipinski definition) is 2. The molecule has 1 aromatic rings. The van der Waals surface area contributed by atoms with Crippen LogP contribution in [0.2, 0.25) is 0 Å². The molecule has 0 saturated carbocycles. The van der Waals surface area contributed by atoms with E-state index in [4.69, 9.17) is 0 Å². The van der Waals surface area contributed by atoms with Gasteiger partial charge in [0, 0.05) is 51.0 Å². The molecule has 1 fully saturated rings. The summed E-state index contributed by atoms with van der Waals surface area (Å²) in [7, 11) is 1.80. The van der Waals surface area contributed by atoms with Gasteiger partial charge in [-0.2, -0.15) is 0 Å². The second-order valence-corrected chi connectivity index (χ2v) is 7.31. The number of halogens is 1. The molecule has 0 bridgehead atoms. The number of aliphatic imine (C=N–C) groups is 1. The number of amides is 1. The number of nitrogens with one attached hydrogen (secondary N) is 2. The fraction of sp³-hybridized carbons (Fsp3) is 0.667. The highest BCUT2D eigenvalue weighted by molar-refractivity contribution is 14.0. The second kappa shape index (κ2) is 13.0. The first-order chi connectivity index (χ1) is 13.1. The molecular formula is C21H36IN5O. The molecule has 1 amide bonds. The molecule has 0 unspecified atom stereocenters. The first kappa shape index (κ1) is 24.7. The number of rotatable bonds is 7. The normalized spacial score (nSPS) is 15.3. The summed E-state index contributed by atoms with van der Waals surface area (Å²) in [6.45, 7) is 8.79. The summed E-state index contributed by atoms with van der Waals surface area (Å²) in [4.78, 5) is 23.0. The van der Waals surface area contributed by atoms with Crippen molar-refractivity contribution < 1.29 is 4.79 Å². The zero-order valence-corrected chi connectivity index (χ0v) is 20.0. The molecule has 0 aliphatic carbocycles. The van der Waals surface area contributed by atoms with Crippen molar-refractivity contribution >= 4 is 35.8 Å². The van der Waals surface area contributed by atoms with E-state index in [1.54, 1.807) is 7.05 Å². The van der Waals surface area contributed by atoms with E-state index in [-0.39, 0.29) is 29.9 Å². The van der Waals surface area contributed by atoms with Crippen LogP contribution in [-0.4, -0.2) is 54.5 Å². The lowest BCUT2D eigenvalue weighted by Gasteiger charge is -2.34. The summed E-state index contributed by atoms with van der Waals surface area (Å²) in [5.41, 5.74) is 2.53. The third kappa shape index (κ3) is 7.22. The van der Waals surface area contributed by atoms with Crippen LogP contribution in [0.3, 0.4) is 0 Å². The lowest BCUT2D eigenvalue weighted by Crippen LogP contribution is -2.50. The van der Waals surface area contributed by atoms with E-state index in [9.17, 15) is 4.79 Å². The Labute approximate surface area is 187 Å². The number of aromatic nitrogens is 1. The Morgan fingerprint density at radius 1 is 1.32 bits per heavy atom. The van der Waals surface area contributed by atoms with Crippen LogP contribution in [0.4, 0.5) is 0 Å². The molecule has 0 atom stereocenters. The van der Waals surface area contributed by atoms with E-state index in [1.807, 2.05) is 17.3 Å². The van der Waals surface area contributed by atoms with Gasteiger partial charge in [-0.3, -0.25) is 14.8 Å². The maximum absolute atomic E-state index is 12.5. The fourth-order valence-corrected chi connectivity index (χ4v) is 3.63. The predicted molar refractivity (Wildman–Crippen MR) is 126 cm³/mol. The fourth-order valence-electron chi connectivity index (χ4n) is 3.63. The highest BCUT2D eigenvalue weighted by Crippen LogP contribution is 2.17. The summed E-state index contributed by atoms with van der Waals surface area (Å²) in [5.74, 6) is 1.35. The minimum absolute atomic E-state index is 0. The molecule has 2 N–H and O–H groups in total. The Hall–Kier alpha value is -1.38. The van der Waals surface area contributed by atoms with Gasteiger partial charge in [0.25, 0.3) is 0 Å². The van der Waals surface area contributed by atoms with Crippen molar-refractivity contribution in [3.05, 3.63) is 29.6 Å². The predicted octanol–water partition coefficient (Wildman–Crippen LogP) is 3.14. The van der Waals surface area contributed by atoms with Crippen LogP contribution in [0.25, 0.3) is 0 Å². The van der Waals surface area contributed by atoms with E-state index in [0.29, 0.717) is 11.9 Å². The topological polar surface area (TPSA) is 69.6 Å². The molecule has 1 aromatic heterocycles. The molecule has 6 nitrogen and oxygen atoms in total. The number of piperidine rings is 1. The summed E-state index contributed by atoms with van der Waals surface area (Å²) in [6, 6.07) is 2.43. The van der Waals surface area contributed by atoms with E-state index in [0.717, 1.165) is 57.7 Å². The monoisotopic (exact) mass is 501 g/mol. The minimum atomic E-state index is 0. The third-order valence-corrected chi connectivity index (χ3v) is 5.53. The van der Waals surface area contributed by atoms with Gasteiger partial charge in [-0.15, -0.1) is 24.0 Å². The molecule has 7 heteroatoms. The lowest BCUT2D eigenvalue weighted by molar-refractivity contribution is -0.136. The number of pyridine rings is 1. The average molecular weight is 501 g/mol. The van der Waals surface area contributed by atoms with Crippen molar-refractivity contribution in [2.45, 2.75) is 58.9 Å². The number of nitrogens with zero attached hydrogens (tertiary/aromatic N) is 3. The molecule has 0 aromatic carbocycles. The van der Waals surface area contributed by atoms with Crippen molar-refractivity contribution in [3.8, 4) is 0 Å². The highest BCUT2D eigenvalue weighted by Gasteiger charge is 2.26. The van der Waals surface area contributed by atoms with Crippen LogP contribution in [0, 0.1) is 12.8 Å². The van der Waals surface area contributed by atoms with Gasteiger partial charge in [0.2, 0.25) is 5.91 Å². The van der Waals surface area contributed by atoms with Crippen molar-refractivity contribution in [3.63, 3.8) is 0 Å². The van der Waals surface area contributed by atoms with Crippen molar-refractivity contribution in [1.29, 1.82) is 0 Å². The zero-order chi connectivity index (χ0) is 19.6. The molecule has 0 spiro atoms. The van der Waals surface area contributed by atoms with Crippen molar-refractivity contribution in [2.24, 2.45) is 10.9 Å². The Bertz CT molecular complexity index is 625.